The number of nitrogens with two attached hydrogens (primary N) is 1. The minimum atomic E-state index is 0.258. The molecule has 16 heavy (non-hydrogen) atoms. The number of phenols is 1. The van der Waals surface area contributed by atoms with Crippen molar-refractivity contribution in [2.75, 3.05) is 5.73 Å². The molecule has 0 fully saturated rings. The molecule has 2 rings (SSSR count). The molecule has 82 valence electrons. The van der Waals surface area contributed by atoms with Crippen LogP contribution in [0.15, 0.2) is 52.3 Å². The SMILES string of the molecule is Nc1cc(Cl)ccc1Sc1ccc(O)cc1. The number of benzene rings is 2. The Balaban J connectivity index is 2.23. The van der Waals surface area contributed by atoms with Gasteiger partial charge >= 0.3 is 0 Å². The monoisotopic (exact) mass is 251 g/mol. The van der Waals surface area contributed by atoms with Gasteiger partial charge in [0.1, 0.15) is 5.75 Å². The summed E-state index contributed by atoms with van der Waals surface area (Å²) >= 11 is 7.36. The number of hydrogen-bond donors (Lipinski definition) is 2. The lowest BCUT2D eigenvalue weighted by atomic mass is 10.3. The summed E-state index contributed by atoms with van der Waals surface area (Å²) in [5.74, 6) is 0.258. The number of hydrogen-bond acceptors (Lipinski definition) is 3. The molecule has 0 unspecified atom stereocenters. The molecule has 0 aliphatic heterocycles. The molecule has 2 aromatic rings. The van der Waals surface area contributed by atoms with Gasteiger partial charge in [-0.25, -0.2) is 0 Å². The summed E-state index contributed by atoms with van der Waals surface area (Å²) in [5.41, 5.74) is 6.50. The summed E-state index contributed by atoms with van der Waals surface area (Å²) in [6, 6.07) is 12.4. The van der Waals surface area contributed by atoms with E-state index in [-0.39, 0.29) is 5.75 Å². The highest BCUT2D eigenvalue weighted by molar-refractivity contribution is 7.99. The standard InChI is InChI=1S/C12H10ClNOS/c13-8-1-6-12(11(14)7-8)16-10-4-2-9(15)3-5-10/h1-7,15H,14H2. The van der Waals surface area contributed by atoms with E-state index in [0.29, 0.717) is 10.7 Å². The first kappa shape index (κ1) is 11.2. The van der Waals surface area contributed by atoms with Gasteiger partial charge in [0.05, 0.1) is 0 Å². The Kier molecular flexibility index (Phi) is 3.27. The number of halogens is 1. The van der Waals surface area contributed by atoms with Crippen molar-refractivity contribution < 1.29 is 5.11 Å². The Bertz CT molecular complexity index is 499. The zero-order chi connectivity index (χ0) is 11.5. The van der Waals surface area contributed by atoms with Crippen molar-refractivity contribution in [1.29, 1.82) is 0 Å². The van der Waals surface area contributed by atoms with Crippen LogP contribution in [0, 0.1) is 0 Å². The molecule has 0 bridgehead atoms. The van der Waals surface area contributed by atoms with Gasteiger partial charge in [-0.15, -0.1) is 0 Å². The molecule has 2 nitrogen and oxygen atoms in total. The molecule has 4 heteroatoms. The third kappa shape index (κ3) is 2.62. The van der Waals surface area contributed by atoms with Crippen LogP contribution in [0.5, 0.6) is 5.75 Å². The summed E-state index contributed by atoms with van der Waals surface area (Å²) in [5, 5.41) is 9.79. The van der Waals surface area contributed by atoms with Crippen LogP contribution in [0.4, 0.5) is 5.69 Å². The lowest BCUT2D eigenvalue weighted by Crippen LogP contribution is -1.87. The Morgan fingerprint density at radius 3 is 2.38 bits per heavy atom. The molecule has 0 saturated carbocycles. The van der Waals surface area contributed by atoms with E-state index in [4.69, 9.17) is 22.4 Å². The minimum absolute atomic E-state index is 0.258. The highest BCUT2D eigenvalue weighted by atomic mass is 35.5. The van der Waals surface area contributed by atoms with Crippen LogP contribution >= 0.6 is 23.4 Å². The van der Waals surface area contributed by atoms with E-state index in [1.165, 1.54) is 11.8 Å². The number of nitrogen functional groups attached to an aromatic ring is 1. The van der Waals surface area contributed by atoms with Gasteiger partial charge in [-0.3, -0.25) is 0 Å². The molecule has 0 aromatic heterocycles. The van der Waals surface area contributed by atoms with Crippen molar-refractivity contribution in [1.82, 2.24) is 0 Å². The van der Waals surface area contributed by atoms with Crippen molar-refractivity contribution in [2.24, 2.45) is 0 Å². The van der Waals surface area contributed by atoms with E-state index in [1.807, 2.05) is 18.2 Å². The number of rotatable bonds is 2. The molecule has 0 aliphatic carbocycles. The van der Waals surface area contributed by atoms with Crippen molar-refractivity contribution in [2.45, 2.75) is 9.79 Å². The fourth-order valence-corrected chi connectivity index (χ4v) is 2.27. The zero-order valence-corrected chi connectivity index (χ0v) is 9.92. The van der Waals surface area contributed by atoms with Crippen LogP contribution < -0.4 is 5.73 Å². The topological polar surface area (TPSA) is 46.2 Å². The minimum Gasteiger partial charge on any atom is -0.508 e. The van der Waals surface area contributed by atoms with Crippen LogP contribution in [0.1, 0.15) is 0 Å². The summed E-state index contributed by atoms with van der Waals surface area (Å²) in [4.78, 5) is 1.97. The molecule has 0 amide bonds. The van der Waals surface area contributed by atoms with Gasteiger partial charge in [0.25, 0.3) is 0 Å². The predicted molar refractivity (Wildman–Crippen MR) is 68.1 cm³/mol. The van der Waals surface area contributed by atoms with E-state index in [0.717, 1.165) is 9.79 Å². The molecule has 0 radical (unpaired) electrons. The Labute approximate surface area is 103 Å². The highest BCUT2D eigenvalue weighted by Gasteiger charge is 2.02. The Morgan fingerprint density at radius 1 is 1.06 bits per heavy atom. The van der Waals surface area contributed by atoms with Gasteiger partial charge in [0, 0.05) is 20.5 Å². The third-order valence-electron chi connectivity index (χ3n) is 2.04. The van der Waals surface area contributed by atoms with Crippen molar-refractivity contribution >= 4 is 29.1 Å². The predicted octanol–water partition coefficient (Wildman–Crippen LogP) is 3.78. The molecule has 0 atom stereocenters. The number of aromatic hydroxyl groups is 1. The van der Waals surface area contributed by atoms with E-state index in [9.17, 15) is 0 Å². The van der Waals surface area contributed by atoms with Crippen LogP contribution in [-0.2, 0) is 0 Å². The van der Waals surface area contributed by atoms with Crippen molar-refractivity contribution in [3.63, 3.8) is 0 Å². The maximum absolute atomic E-state index is 9.16. The average Bonchev–Trinajstić information content (AvgIpc) is 2.25. The summed E-state index contributed by atoms with van der Waals surface area (Å²) in [6.45, 7) is 0. The fourth-order valence-electron chi connectivity index (χ4n) is 1.25. The first-order chi connectivity index (χ1) is 7.65. The van der Waals surface area contributed by atoms with Gasteiger partial charge in [0.15, 0.2) is 0 Å². The highest BCUT2D eigenvalue weighted by Crippen LogP contribution is 2.33. The van der Waals surface area contributed by atoms with Gasteiger partial charge < -0.3 is 10.8 Å². The molecule has 3 N–H and O–H groups in total. The second-order valence-corrected chi connectivity index (χ2v) is 4.83. The Hall–Kier alpha value is -1.32. The second-order valence-electron chi connectivity index (χ2n) is 3.28. The number of phenolic OH excluding ortho intramolecular Hbond substituents is 1. The second kappa shape index (κ2) is 4.68. The van der Waals surface area contributed by atoms with E-state index < -0.39 is 0 Å². The van der Waals surface area contributed by atoms with Gasteiger partial charge in [-0.2, -0.15) is 0 Å². The van der Waals surface area contributed by atoms with Gasteiger partial charge in [-0.05, 0) is 42.5 Å². The summed E-state index contributed by atoms with van der Waals surface area (Å²) in [7, 11) is 0. The van der Waals surface area contributed by atoms with Crippen molar-refractivity contribution in [3.8, 4) is 5.75 Å². The molecule has 0 spiro atoms. The smallest absolute Gasteiger partial charge is 0.115 e. The normalized spacial score (nSPS) is 10.3. The molecular weight excluding hydrogens is 242 g/mol. The number of anilines is 1. The van der Waals surface area contributed by atoms with Crippen molar-refractivity contribution in [3.05, 3.63) is 47.5 Å². The molecule has 0 heterocycles. The van der Waals surface area contributed by atoms with Crippen LogP contribution in [0.2, 0.25) is 5.02 Å². The third-order valence-corrected chi connectivity index (χ3v) is 3.37. The van der Waals surface area contributed by atoms with Crippen LogP contribution in [-0.4, -0.2) is 5.11 Å². The largest absolute Gasteiger partial charge is 0.508 e. The lowest BCUT2D eigenvalue weighted by molar-refractivity contribution is 0.475. The fraction of sp³-hybridized carbons (Fsp3) is 0. The van der Waals surface area contributed by atoms with Crippen LogP contribution in [0.3, 0.4) is 0 Å². The summed E-state index contributed by atoms with van der Waals surface area (Å²) in [6.07, 6.45) is 0. The average molecular weight is 252 g/mol. The first-order valence-electron chi connectivity index (χ1n) is 4.67. The summed E-state index contributed by atoms with van der Waals surface area (Å²) < 4.78 is 0. The van der Waals surface area contributed by atoms with E-state index in [1.54, 1.807) is 24.3 Å². The molecule has 0 saturated heterocycles. The van der Waals surface area contributed by atoms with Crippen LogP contribution in [0.25, 0.3) is 0 Å². The molecular formula is C12H10ClNOS. The quantitative estimate of drug-likeness (QED) is 0.799. The maximum atomic E-state index is 9.16. The maximum Gasteiger partial charge on any atom is 0.115 e. The lowest BCUT2D eigenvalue weighted by Gasteiger charge is -2.05. The first-order valence-corrected chi connectivity index (χ1v) is 5.86. The molecule has 0 aliphatic rings. The van der Waals surface area contributed by atoms with E-state index >= 15 is 0 Å². The zero-order valence-electron chi connectivity index (χ0n) is 8.35. The van der Waals surface area contributed by atoms with Gasteiger partial charge in [-0.1, -0.05) is 23.4 Å². The van der Waals surface area contributed by atoms with E-state index in [2.05, 4.69) is 0 Å². The van der Waals surface area contributed by atoms with Gasteiger partial charge in [0.2, 0.25) is 0 Å². The Morgan fingerprint density at radius 2 is 1.75 bits per heavy atom. The molecule has 2 aromatic carbocycles.